The third-order valence-electron chi connectivity index (χ3n) is 4.63. The topological polar surface area (TPSA) is 66.7 Å². The minimum atomic E-state index is 0.761. The first-order valence-electron chi connectivity index (χ1n) is 9.63. The van der Waals surface area contributed by atoms with E-state index in [1.807, 2.05) is 16.9 Å². The number of aryl methyl sites for hydroxylation is 1. The fourth-order valence-corrected chi connectivity index (χ4v) is 3.07. The minimum absolute atomic E-state index is 0.761. The third kappa shape index (κ3) is 6.69. The molecule has 0 bridgehead atoms. The number of rotatable bonds is 8. The molecule has 3 rings (SSSR count). The number of morpholine rings is 1. The van der Waals surface area contributed by atoms with E-state index < -0.39 is 0 Å². The first-order chi connectivity index (χ1) is 13.3. The Bertz CT molecular complexity index is 677. The summed E-state index contributed by atoms with van der Waals surface area (Å²) in [6.45, 7) is 7.25. The maximum absolute atomic E-state index is 5.40. The molecule has 2 aromatic rings. The van der Waals surface area contributed by atoms with Gasteiger partial charge in [0.15, 0.2) is 5.96 Å². The van der Waals surface area contributed by atoms with Gasteiger partial charge in [0.2, 0.25) is 0 Å². The Hall–Kier alpha value is -2.38. The van der Waals surface area contributed by atoms with Crippen molar-refractivity contribution in [3.63, 3.8) is 0 Å². The van der Waals surface area contributed by atoms with Gasteiger partial charge in [0.1, 0.15) is 0 Å². The van der Waals surface area contributed by atoms with E-state index in [1.165, 1.54) is 11.1 Å². The van der Waals surface area contributed by atoms with Crippen molar-refractivity contribution in [2.75, 3.05) is 39.9 Å². The molecule has 0 spiro atoms. The summed E-state index contributed by atoms with van der Waals surface area (Å²) in [4.78, 5) is 6.72. The van der Waals surface area contributed by atoms with E-state index >= 15 is 0 Å². The molecule has 0 atom stereocenters. The smallest absolute Gasteiger partial charge is 0.191 e. The molecule has 1 saturated heterocycles. The maximum atomic E-state index is 5.40. The lowest BCUT2D eigenvalue weighted by Gasteiger charge is -2.26. The van der Waals surface area contributed by atoms with Gasteiger partial charge in [-0.3, -0.25) is 14.6 Å². The van der Waals surface area contributed by atoms with Crippen LogP contribution in [0.25, 0.3) is 0 Å². The largest absolute Gasteiger partial charge is 0.379 e. The zero-order valence-electron chi connectivity index (χ0n) is 16.1. The highest BCUT2D eigenvalue weighted by atomic mass is 16.5. The zero-order valence-corrected chi connectivity index (χ0v) is 16.1. The van der Waals surface area contributed by atoms with Gasteiger partial charge < -0.3 is 15.4 Å². The fourth-order valence-electron chi connectivity index (χ4n) is 3.07. The van der Waals surface area contributed by atoms with Gasteiger partial charge in [-0.25, -0.2) is 0 Å². The molecular weight excluding hydrogens is 340 g/mol. The molecule has 1 aliphatic rings. The molecule has 1 aromatic heterocycles. The SMILES string of the molecule is CN=C(NCCCn1cccn1)NCc1ccc(CN2CCOCC2)cc1. The van der Waals surface area contributed by atoms with Gasteiger partial charge in [-0.05, 0) is 23.6 Å². The molecule has 2 N–H and O–H groups in total. The van der Waals surface area contributed by atoms with Gasteiger partial charge in [-0.1, -0.05) is 24.3 Å². The summed E-state index contributed by atoms with van der Waals surface area (Å²) in [5.74, 6) is 0.827. The lowest BCUT2D eigenvalue weighted by atomic mass is 10.1. The van der Waals surface area contributed by atoms with Crippen LogP contribution in [0.3, 0.4) is 0 Å². The van der Waals surface area contributed by atoms with Gasteiger partial charge >= 0.3 is 0 Å². The number of benzene rings is 1. The second kappa shape index (κ2) is 10.7. The van der Waals surface area contributed by atoms with Gasteiger partial charge in [0.05, 0.1) is 13.2 Å². The van der Waals surface area contributed by atoms with E-state index in [0.717, 1.165) is 64.9 Å². The van der Waals surface area contributed by atoms with E-state index in [4.69, 9.17) is 4.74 Å². The average Bonchev–Trinajstić information content (AvgIpc) is 3.23. The van der Waals surface area contributed by atoms with Crippen LogP contribution in [0.2, 0.25) is 0 Å². The minimum Gasteiger partial charge on any atom is -0.379 e. The summed E-state index contributed by atoms with van der Waals surface area (Å²) in [6.07, 6.45) is 4.79. The standard InChI is InChI=1S/C20H30N6O/c1-21-20(22-8-2-10-26-11-3-9-24-26)23-16-18-4-6-19(7-5-18)17-25-12-14-27-15-13-25/h3-7,9,11H,2,8,10,12-17H2,1H3,(H2,21,22,23). The van der Waals surface area contributed by atoms with Gasteiger partial charge in [-0.2, -0.15) is 5.10 Å². The Balaban J connectivity index is 1.36. The average molecular weight is 371 g/mol. The summed E-state index contributed by atoms with van der Waals surface area (Å²) >= 11 is 0. The summed E-state index contributed by atoms with van der Waals surface area (Å²) in [7, 11) is 1.80. The normalized spacial score (nSPS) is 15.7. The molecule has 0 amide bonds. The fraction of sp³-hybridized carbons (Fsp3) is 0.500. The lowest BCUT2D eigenvalue weighted by molar-refractivity contribution is 0.0342. The molecule has 146 valence electrons. The predicted molar refractivity (Wildman–Crippen MR) is 108 cm³/mol. The van der Waals surface area contributed by atoms with Crippen LogP contribution in [0, 0.1) is 0 Å². The van der Waals surface area contributed by atoms with Crippen LogP contribution in [-0.4, -0.2) is 60.5 Å². The number of hydrogen-bond donors (Lipinski definition) is 2. The van der Waals surface area contributed by atoms with Crippen molar-refractivity contribution >= 4 is 5.96 Å². The van der Waals surface area contributed by atoms with E-state index in [0.29, 0.717) is 0 Å². The molecule has 1 aliphatic heterocycles. The van der Waals surface area contributed by atoms with Gasteiger partial charge in [0.25, 0.3) is 0 Å². The van der Waals surface area contributed by atoms with Crippen molar-refractivity contribution in [3.05, 3.63) is 53.9 Å². The molecule has 0 unspecified atom stereocenters. The van der Waals surface area contributed by atoms with Crippen LogP contribution in [0.5, 0.6) is 0 Å². The predicted octanol–water partition coefficient (Wildman–Crippen LogP) is 1.47. The van der Waals surface area contributed by atoms with E-state index in [1.54, 1.807) is 13.2 Å². The number of aliphatic imine (C=N–C) groups is 1. The van der Waals surface area contributed by atoms with E-state index in [9.17, 15) is 0 Å². The van der Waals surface area contributed by atoms with Crippen LogP contribution in [0.1, 0.15) is 17.5 Å². The van der Waals surface area contributed by atoms with E-state index in [2.05, 4.69) is 49.9 Å². The van der Waals surface area contributed by atoms with Crippen LogP contribution in [0.15, 0.2) is 47.7 Å². The highest BCUT2D eigenvalue weighted by molar-refractivity contribution is 5.79. The summed E-state index contributed by atoms with van der Waals surface area (Å²) in [5.41, 5.74) is 2.60. The zero-order chi connectivity index (χ0) is 18.7. The lowest BCUT2D eigenvalue weighted by Crippen LogP contribution is -2.37. The molecule has 27 heavy (non-hydrogen) atoms. The number of aromatic nitrogens is 2. The van der Waals surface area contributed by atoms with Crippen molar-refractivity contribution in [1.29, 1.82) is 0 Å². The molecule has 1 aromatic carbocycles. The molecule has 2 heterocycles. The number of guanidine groups is 1. The van der Waals surface area contributed by atoms with Crippen molar-refractivity contribution in [3.8, 4) is 0 Å². The first-order valence-corrected chi connectivity index (χ1v) is 9.63. The summed E-state index contributed by atoms with van der Waals surface area (Å²) in [5, 5.41) is 10.9. The van der Waals surface area contributed by atoms with E-state index in [-0.39, 0.29) is 0 Å². The third-order valence-corrected chi connectivity index (χ3v) is 4.63. The molecule has 7 heteroatoms. The van der Waals surface area contributed by atoms with Crippen LogP contribution >= 0.6 is 0 Å². The molecular formula is C20H30N6O. The highest BCUT2D eigenvalue weighted by Gasteiger charge is 2.10. The van der Waals surface area contributed by atoms with Crippen LogP contribution in [0.4, 0.5) is 0 Å². The maximum Gasteiger partial charge on any atom is 0.191 e. The Kier molecular flexibility index (Phi) is 7.68. The number of hydrogen-bond acceptors (Lipinski definition) is 4. The summed E-state index contributed by atoms with van der Waals surface area (Å²) < 4.78 is 7.34. The van der Waals surface area contributed by atoms with Crippen molar-refractivity contribution in [2.24, 2.45) is 4.99 Å². The van der Waals surface area contributed by atoms with Gasteiger partial charge in [0, 0.05) is 58.7 Å². The Labute approximate surface area is 161 Å². The summed E-state index contributed by atoms with van der Waals surface area (Å²) in [6, 6.07) is 10.8. The first kappa shape index (κ1) is 19.4. The van der Waals surface area contributed by atoms with Gasteiger partial charge in [-0.15, -0.1) is 0 Å². The van der Waals surface area contributed by atoms with Crippen LogP contribution in [-0.2, 0) is 24.4 Å². The van der Waals surface area contributed by atoms with Crippen LogP contribution < -0.4 is 10.6 Å². The number of nitrogens with one attached hydrogen (secondary N) is 2. The Morgan fingerprint density at radius 3 is 2.63 bits per heavy atom. The van der Waals surface area contributed by atoms with Crippen molar-refractivity contribution < 1.29 is 4.74 Å². The molecule has 7 nitrogen and oxygen atoms in total. The van der Waals surface area contributed by atoms with Crippen molar-refractivity contribution in [1.82, 2.24) is 25.3 Å². The quantitative estimate of drug-likeness (QED) is 0.418. The molecule has 0 radical (unpaired) electrons. The second-order valence-electron chi connectivity index (χ2n) is 6.68. The Morgan fingerprint density at radius 2 is 1.93 bits per heavy atom. The second-order valence-corrected chi connectivity index (χ2v) is 6.68. The number of ether oxygens (including phenoxy) is 1. The Morgan fingerprint density at radius 1 is 1.15 bits per heavy atom. The molecule has 0 saturated carbocycles. The monoisotopic (exact) mass is 370 g/mol. The van der Waals surface area contributed by atoms with Crippen molar-refractivity contribution in [2.45, 2.75) is 26.1 Å². The number of nitrogens with zero attached hydrogens (tertiary/aromatic N) is 4. The molecule has 0 aliphatic carbocycles. The highest BCUT2D eigenvalue weighted by Crippen LogP contribution is 2.09. The molecule has 1 fully saturated rings.